The van der Waals surface area contributed by atoms with Crippen LogP contribution in [0.1, 0.15) is 18.0 Å². The van der Waals surface area contributed by atoms with Crippen LogP contribution in [0.5, 0.6) is 0 Å². The fourth-order valence-electron chi connectivity index (χ4n) is 1.66. The average molecular weight is 176 g/mol. The molecule has 1 saturated heterocycles. The number of carbonyl (C=O) groups excluding carboxylic acids is 1. The number of amides is 1. The molecular weight excluding hydrogens is 164 g/mol. The molecule has 2 atom stereocenters. The van der Waals surface area contributed by atoms with E-state index in [1.165, 1.54) is 0 Å². The number of nitrogens with two attached hydrogens (primary N) is 1. The van der Waals surface area contributed by atoms with Crippen LogP contribution in [0.3, 0.4) is 0 Å². The van der Waals surface area contributed by atoms with Crippen molar-refractivity contribution >= 4 is 5.91 Å². The van der Waals surface area contributed by atoms with Crippen LogP contribution in [0.2, 0.25) is 0 Å². The number of hydrogen-bond donors (Lipinski definition) is 2. The van der Waals surface area contributed by atoms with E-state index in [1.54, 1.807) is 0 Å². The van der Waals surface area contributed by atoms with Gasteiger partial charge in [-0.25, -0.2) is 0 Å². The molecule has 3 heteroatoms. The summed E-state index contributed by atoms with van der Waals surface area (Å²) in [7, 11) is 0. The van der Waals surface area contributed by atoms with Gasteiger partial charge in [0.15, 0.2) is 0 Å². The fourth-order valence-corrected chi connectivity index (χ4v) is 1.66. The lowest BCUT2D eigenvalue weighted by Gasteiger charge is -2.14. The largest absolute Gasteiger partial charge is 0.348 e. The van der Waals surface area contributed by atoms with Gasteiger partial charge in [0.25, 0.3) is 0 Å². The maximum Gasteiger partial charge on any atom is 0.222 e. The summed E-state index contributed by atoms with van der Waals surface area (Å²) in [4.78, 5) is 11.0. The minimum Gasteiger partial charge on any atom is -0.348 e. The Kier molecular flexibility index (Phi) is 2.02. The minimum absolute atomic E-state index is 0.00583. The van der Waals surface area contributed by atoms with Gasteiger partial charge < -0.3 is 11.1 Å². The van der Waals surface area contributed by atoms with Crippen molar-refractivity contribution in [2.75, 3.05) is 0 Å². The Bertz CT molecular complexity index is 310. The second kappa shape index (κ2) is 3.18. The van der Waals surface area contributed by atoms with Gasteiger partial charge in [0, 0.05) is 12.5 Å². The van der Waals surface area contributed by atoms with Crippen molar-refractivity contribution in [1.29, 1.82) is 0 Å². The third-order valence-corrected chi connectivity index (χ3v) is 2.32. The highest BCUT2D eigenvalue weighted by atomic mass is 16.2. The lowest BCUT2D eigenvalue weighted by Crippen LogP contribution is -2.28. The molecule has 68 valence electrons. The van der Waals surface area contributed by atoms with Crippen LogP contribution in [0.25, 0.3) is 0 Å². The molecule has 13 heavy (non-hydrogen) atoms. The van der Waals surface area contributed by atoms with E-state index in [0.717, 1.165) is 5.56 Å². The van der Waals surface area contributed by atoms with Crippen LogP contribution in [0, 0.1) is 0 Å². The molecule has 0 spiro atoms. The lowest BCUT2D eigenvalue weighted by molar-refractivity contribution is -0.119. The maximum atomic E-state index is 11.0. The van der Waals surface area contributed by atoms with Gasteiger partial charge in [0.2, 0.25) is 5.91 Å². The van der Waals surface area contributed by atoms with Crippen LogP contribution in [0.4, 0.5) is 0 Å². The van der Waals surface area contributed by atoms with Crippen LogP contribution < -0.4 is 11.1 Å². The summed E-state index contributed by atoms with van der Waals surface area (Å²) in [6.45, 7) is 0. The molecule has 1 amide bonds. The molecule has 3 N–H and O–H groups in total. The van der Waals surface area contributed by atoms with E-state index in [9.17, 15) is 4.79 Å². The molecular formula is C10H12N2O. The second-order valence-corrected chi connectivity index (χ2v) is 3.32. The Labute approximate surface area is 76.9 Å². The predicted molar refractivity (Wildman–Crippen MR) is 49.9 cm³/mol. The standard InChI is InChI=1S/C10H12N2O/c11-8-6-9(13)12-10(8)7-4-2-1-3-5-7/h1-5,8,10H,6,11H2,(H,12,13)/t8-,10+/m1/s1. The van der Waals surface area contributed by atoms with Gasteiger partial charge in [-0.2, -0.15) is 0 Å². The highest BCUT2D eigenvalue weighted by Crippen LogP contribution is 2.22. The molecule has 1 heterocycles. The molecule has 0 aromatic heterocycles. The third-order valence-electron chi connectivity index (χ3n) is 2.32. The van der Waals surface area contributed by atoms with Crippen molar-refractivity contribution in [2.45, 2.75) is 18.5 Å². The van der Waals surface area contributed by atoms with Gasteiger partial charge >= 0.3 is 0 Å². The Morgan fingerprint density at radius 2 is 2.00 bits per heavy atom. The Balaban J connectivity index is 2.23. The quantitative estimate of drug-likeness (QED) is 0.657. The fraction of sp³-hybridized carbons (Fsp3) is 0.300. The minimum atomic E-state index is -0.0881. The highest BCUT2D eigenvalue weighted by Gasteiger charge is 2.29. The molecule has 0 bridgehead atoms. The van der Waals surface area contributed by atoms with Gasteiger partial charge in [0.05, 0.1) is 6.04 Å². The third kappa shape index (κ3) is 1.55. The van der Waals surface area contributed by atoms with Crippen molar-refractivity contribution in [3.8, 4) is 0 Å². The molecule has 1 aromatic carbocycles. The first kappa shape index (κ1) is 8.26. The van der Waals surface area contributed by atoms with Crippen molar-refractivity contribution < 1.29 is 4.79 Å². The predicted octanol–water partition coefficient (Wildman–Crippen LogP) is 0.575. The molecule has 0 aliphatic carbocycles. The molecule has 0 radical (unpaired) electrons. The lowest BCUT2D eigenvalue weighted by atomic mass is 10.0. The molecule has 0 saturated carbocycles. The average Bonchev–Trinajstić information content (AvgIpc) is 2.47. The first-order valence-corrected chi connectivity index (χ1v) is 4.37. The van der Waals surface area contributed by atoms with E-state index in [2.05, 4.69) is 5.32 Å². The normalized spacial score (nSPS) is 27.3. The van der Waals surface area contributed by atoms with Crippen LogP contribution in [-0.4, -0.2) is 11.9 Å². The second-order valence-electron chi connectivity index (χ2n) is 3.32. The van der Waals surface area contributed by atoms with Crippen LogP contribution >= 0.6 is 0 Å². The van der Waals surface area contributed by atoms with Crippen molar-refractivity contribution in [1.82, 2.24) is 5.32 Å². The summed E-state index contributed by atoms with van der Waals surface area (Å²) in [6.07, 6.45) is 0.430. The van der Waals surface area contributed by atoms with E-state index in [-0.39, 0.29) is 18.0 Å². The summed E-state index contributed by atoms with van der Waals surface area (Å²) in [6, 6.07) is 9.72. The topological polar surface area (TPSA) is 55.1 Å². The maximum absolute atomic E-state index is 11.0. The molecule has 2 rings (SSSR count). The molecule has 1 aliphatic heterocycles. The summed E-state index contributed by atoms with van der Waals surface area (Å²) in [5.41, 5.74) is 6.90. The van der Waals surface area contributed by atoms with Crippen molar-refractivity contribution in [2.24, 2.45) is 5.73 Å². The van der Waals surface area contributed by atoms with E-state index in [0.29, 0.717) is 6.42 Å². The summed E-state index contributed by atoms with van der Waals surface area (Å²) in [5, 5.41) is 2.86. The van der Waals surface area contributed by atoms with Gasteiger partial charge in [-0.05, 0) is 5.56 Å². The Morgan fingerprint density at radius 1 is 1.31 bits per heavy atom. The van der Waals surface area contributed by atoms with Crippen LogP contribution in [0.15, 0.2) is 30.3 Å². The Hall–Kier alpha value is -1.35. The first-order chi connectivity index (χ1) is 6.27. The van der Waals surface area contributed by atoms with Gasteiger partial charge in [-0.3, -0.25) is 4.79 Å². The summed E-state index contributed by atoms with van der Waals surface area (Å²) >= 11 is 0. The zero-order valence-corrected chi connectivity index (χ0v) is 7.23. The first-order valence-electron chi connectivity index (χ1n) is 4.37. The summed E-state index contributed by atoms with van der Waals surface area (Å²) < 4.78 is 0. The number of hydrogen-bond acceptors (Lipinski definition) is 2. The van der Waals surface area contributed by atoms with Crippen molar-refractivity contribution in [3.05, 3.63) is 35.9 Å². The number of carbonyl (C=O) groups is 1. The molecule has 1 aromatic rings. The zero-order chi connectivity index (χ0) is 9.26. The van der Waals surface area contributed by atoms with Crippen LogP contribution in [-0.2, 0) is 4.79 Å². The van der Waals surface area contributed by atoms with E-state index in [4.69, 9.17) is 5.73 Å². The smallest absolute Gasteiger partial charge is 0.222 e. The highest BCUT2D eigenvalue weighted by molar-refractivity contribution is 5.80. The Morgan fingerprint density at radius 3 is 2.54 bits per heavy atom. The SMILES string of the molecule is N[C@@H]1CC(=O)N[C@H]1c1ccccc1. The number of nitrogens with one attached hydrogen (secondary N) is 1. The summed E-state index contributed by atoms with van der Waals surface area (Å²) in [5.74, 6) is 0.0429. The monoisotopic (exact) mass is 176 g/mol. The molecule has 1 aliphatic rings. The molecule has 1 fully saturated rings. The number of rotatable bonds is 1. The zero-order valence-electron chi connectivity index (χ0n) is 7.23. The van der Waals surface area contributed by atoms with Gasteiger partial charge in [-0.15, -0.1) is 0 Å². The molecule has 3 nitrogen and oxygen atoms in total. The van der Waals surface area contributed by atoms with E-state index in [1.807, 2.05) is 30.3 Å². The van der Waals surface area contributed by atoms with Gasteiger partial charge in [0.1, 0.15) is 0 Å². The van der Waals surface area contributed by atoms with E-state index >= 15 is 0 Å². The molecule has 0 unspecified atom stereocenters. The number of benzene rings is 1. The van der Waals surface area contributed by atoms with E-state index < -0.39 is 0 Å². The van der Waals surface area contributed by atoms with Gasteiger partial charge in [-0.1, -0.05) is 30.3 Å². The van der Waals surface area contributed by atoms with Crippen molar-refractivity contribution in [3.63, 3.8) is 0 Å².